The highest BCUT2D eigenvalue weighted by atomic mass is 32.1. The van der Waals surface area contributed by atoms with Crippen LogP contribution >= 0.6 is 12.2 Å². The van der Waals surface area contributed by atoms with E-state index in [4.69, 9.17) is 12.2 Å². The minimum atomic E-state index is -0.135. The largest absolute Gasteiger partial charge is 0.335 e. The molecule has 1 saturated carbocycles. The lowest BCUT2D eigenvalue weighted by Gasteiger charge is -2.34. The Hall–Kier alpha value is -1.95. The summed E-state index contributed by atoms with van der Waals surface area (Å²) in [5.41, 5.74) is 1.14. The molecule has 5 nitrogen and oxygen atoms in total. The van der Waals surface area contributed by atoms with Crippen molar-refractivity contribution >= 4 is 29.0 Å². The van der Waals surface area contributed by atoms with Gasteiger partial charge in [-0.25, -0.2) is 0 Å². The molecule has 0 radical (unpaired) electrons. The lowest BCUT2D eigenvalue weighted by molar-refractivity contribution is 0.0661. The molecule has 1 aromatic heterocycles. The van der Waals surface area contributed by atoms with Crippen molar-refractivity contribution in [3.63, 3.8) is 0 Å². The van der Waals surface area contributed by atoms with Gasteiger partial charge >= 0.3 is 0 Å². The second kappa shape index (κ2) is 6.99. The van der Waals surface area contributed by atoms with E-state index in [2.05, 4.69) is 9.88 Å². The van der Waals surface area contributed by atoms with Crippen molar-refractivity contribution in [3.8, 4) is 0 Å². The smallest absolute Gasteiger partial charge is 0.261 e. The Kier molecular flexibility index (Phi) is 4.69. The van der Waals surface area contributed by atoms with Gasteiger partial charge in [-0.2, -0.15) is 0 Å². The van der Waals surface area contributed by atoms with Crippen molar-refractivity contribution in [1.82, 2.24) is 14.5 Å². The number of nitrogens with zero attached hydrogens (tertiary/aromatic N) is 2. The molecule has 1 atom stereocenters. The van der Waals surface area contributed by atoms with Crippen molar-refractivity contribution < 1.29 is 4.79 Å². The molecular formula is C20H25N3O2S. The monoisotopic (exact) mass is 371 g/mol. The Bertz CT molecular complexity index is 956. The van der Waals surface area contributed by atoms with Gasteiger partial charge in [0.25, 0.3) is 11.5 Å². The lowest BCUT2D eigenvalue weighted by atomic mass is 9.83. The molecule has 1 amide bonds. The van der Waals surface area contributed by atoms with Crippen LogP contribution < -0.4 is 5.56 Å². The maximum atomic E-state index is 13.2. The van der Waals surface area contributed by atoms with E-state index in [-0.39, 0.29) is 11.5 Å². The van der Waals surface area contributed by atoms with Gasteiger partial charge in [0.1, 0.15) is 0 Å². The van der Waals surface area contributed by atoms with Gasteiger partial charge in [0.05, 0.1) is 10.9 Å². The maximum Gasteiger partial charge on any atom is 0.261 e. The van der Waals surface area contributed by atoms with Crippen LogP contribution in [0.1, 0.15) is 55.3 Å². The summed E-state index contributed by atoms with van der Waals surface area (Å²) in [6.45, 7) is 0.838. The van der Waals surface area contributed by atoms with Crippen LogP contribution in [0.4, 0.5) is 0 Å². The van der Waals surface area contributed by atoms with Crippen LogP contribution in [0.5, 0.6) is 0 Å². The first-order valence-electron chi connectivity index (χ1n) is 9.60. The molecule has 2 fully saturated rings. The van der Waals surface area contributed by atoms with E-state index in [1.54, 1.807) is 25.2 Å². The van der Waals surface area contributed by atoms with E-state index in [1.165, 1.54) is 36.7 Å². The Morgan fingerprint density at radius 2 is 1.92 bits per heavy atom. The minimum absolute atomic E-state index is 0.0833. The number of carbonyl (C=O) groups is 1. The summed E-state index contributed by atoms with van der Waals surface area (Å²) < 4.78 is 1.78. The number of carbonyl (C=O) groups excluding carboxylic acids is 1. The molecule has 0 spiro atoms. The first-order chi connectivity index (χ1) is 12.6. The van der Waals surface area contributed by atoms with Crippen molar-refractivity contribution in [1.29, 1.82) is 0 Å². The van der Waals surface area contributed by atoms with Crippen LogP contribution in [0.3, 0.4) is 0 Å². The standard InChI is InChI=1S/C20H25N3O2S/c1-22-19(25)15-10-9-14(12-16(15)21-20(22)26)18(24)23-11-5-8-17(23)13-6-3-2-4-7-13/h9-10,12-13,17H,2-8,11H2,1H3,(H,21,26)/t17-/m0/s1. The van der Waals surface area contributed by atoms with Gasteiger partial charge < -0.3 is 9.88 Å². The molecule has 0 unspecified atom stereocenters. The number of aromatic nitrogens is 2. The Labute approximate surface area is 158 Å². The Morgan fingerprint density at radius 3 is 2.69 bits per heavy atom. The molecule has 0 bridgehead atoms. The molecule has 1 aliphatic carbocycles. The van der Waals surface area contributed by atoms with Crippen molar-refractivity contribution in [2.45, 2.75) is 51.0 Å². The number of nitrogens with one attached hydrogen (secondary N) is 1. The number of benzene rings is 1. The van der Waals surface area contributed by atoms with Gasteiger partial charge in [0.15, 0.2) is 4.77 Å². The molecule has 4 rings (SSSR count). The average molecular weight is 372 g/mol. The first-order valence-corrected chi connectivity index (χ1v) is 10.0. The number of hydrogen-bond acceptors (Lipinski definition) is 3. The fourth-order valence-electron chi connectivity index (χ4n) is 4.66. The zero-order valence-corrected chi connectivity index (χ0v) is 16.0. The highest BCUT2D eigenvalue weighted by Crippen LogP contribution is 2.35. The second-order valence-corrected chi connectivity index (χ2v) is 8.05. The average Bonchev–Trinajstić information content (AvgIpc) is 3.15. The van der Waals surface area contributed by atoms with Crippen molar-refractivity contribution in [2.75, 3.05) is 6.54 Å². The lowest BCUT2D eigenvalue weighted by Crippen LogP contribution is -2.40. The van der Waals surface area contributed by atoms with Gasteiger partial charge in [-0.1, -0.05) is 19.3 Å². The predicted molar refractivity (Wildman–Crippen MR) is 105 cm³/mol. The van der Waals surface area contributed by atoms with Gasteiger partial charge in [0.2, 0.25) is 0 Å². The van der Waals surface area contributed by atoms with Crippen LogP contribution in [0.25, 0.3) is 10.9 Å². The number of H-pyrrole nitrogens is 1. The predicted octanol–water partition coefficient (Wildman–Crippen LogP) is 3.78. The molecule has 6 heteroatoms. The Balaban J connectivity index is 1.66. The number of rotatable bonds is 2. The summed E-state index contributed by atoms with van der Waals surface area (Å²) in [6.07, 6.45) is 8.61. The van der Waals surface area contributed by atoms with Gasteiger partial charge in [0, 0.05) is 25.2 Å². The highest BCUT2D eigenvalue weighted by molar-refractivity contribution is 7.71. The molecular weight excluding hydrogens is 346 g/mol. The van der Waals surface area contributed by atoms with E-state index in [1.807, 2.05) is 0 Å². The molecule has 1 aliphatic heterocycles. The third-order valence-corrected chi connectivity index (χ3v) is 6.48. The summed E-state index contributed by atoms with van der Waals surface area (Å²) in [7, 11) is 1.65. The zero-order valence-electron chi connectivity index (χ0n) is 15.2. The molecule has 138 valence electrons. The number of hydrogen-bond donors (Lipinski definition) is 1. The summed E-state index contributed by atoms with van der Waals surface area (Å²) in [5, 5.41) is 0.558. The number of aromatic amines is 1. The molecule has 26 heavy (non-hydrogen) atoms. The van der Waals surface area contributed by atoms with E-state index in [0.29, 0.717) is 33.2 Å². The van der Waals surface area contributed by atoms with Crippen LogP contribution in [0.2, 0.25) is 0 Å². The quantitative estimate of drug-likeness (QED) is 0.818. The van der Waals surface area contributed by atoms with E-state index in [0.717, 1.165) is 19.4 Å². The van der Waals surface area contributed by atoms with Crippen LogP contribution in [-0.4, -0.2) is 32.9 Å². The third kappa shape index (κ3) is 3.00. The molecule has 2 aromatic rings. The van der Waals surface area contributed by atoms with E-state index >= 15 is 0 Å². The highest BCUT2D eigenvalue weighted by Gasteiger charge is 2.35. The van der Waals surface area contributed by atoms with E-state index in [9.17, 15) is 9.59 Å². The third-order valence-electron chi connectivity index (χ3n) is 6.10. The summed E-state index contributed by atoms with van der Waals surface area (Å²) in [6, 6.07) is 5.67. The minimum Gasteiger partial charge on any atom is -0.335 e. The van der Waals surface area contributed by atoms with Gasteiger partial charge in [-0.3, -0.25) is 14.2 Å². The summed E-state index contributed by atoms with van der Waals surface area (Å²) in [5.74, 6) is 0.730. The van der Waals surface area contributed by atoms with E-state index < -0.39 is 0 Å². The van der Waals surface area contributed by atoms with Crippen molar-refractivity contribution in [3.05, 3.63) is 38.9 Å². The van der Waals surface area contributed by atoms with Gasteiger partial charge in [-0.15, -0.1) is 0 Å². The van der Waals surface area contributed by atoms with Crippen LogP contribution in [0.15, 0.2) is 23.0 Å². The van der Waals surface area contributed by atoms with Crippen molar-refractivity contribution in [2.24, 2.45) is 13.0 Å². The zero-order chi connectivity index (χ0) is 18.3. The molecule has 1 saturated heterocycles. The first kappa shape index (κ1) is 17.5. The molecule has 2 aliphatic rings. The molecule has 1 aromatic carbocycles. The topological polar surface area (TPSA) is 58.1 Å². The van der Waals surface area contributed by atoms with Crippen LogP contribution in [0, 0.1) is 10.7 Å². The normalized spacial score (nSPS) is 21.4. The van der Waals surface area contributed by atoms with Gasteiger partial charge in [-0.05, 0) is 62.0 Å². The Morgan fingerprint density at radius 1 is 1.15 bits per heavy atom. The summed E-state index contributed by atoms with van der Waals surface area (Å²) in [4.78, 5) is 30.7. The fourth-order valence-corrected chi connectivity index (χ4v) is 4.85. The summed E-state index contributed by atoms with van der Waals surface area (Å²) >= 11 is 5.20. The fraction of sp³-hybridized carbons (Fsp3) is 0.550. The molecule has 2 heterocycles. The number of fused-ring (bicyclic) bond motifs is 1. The van der Waals surface area contributed by atoms with Crippen LogP contribution in [-0.2, 0) is 7.05 Å². The SMILES string of the molecule is Cn1c(=S)[nH]c2cc(C(=O)N3CCC[C@H]3C3CCCCC3)ccc2c1=O. The maximum absolute atomic E-state index is 13.2. The molecule has 1 N–H and O–H groups in total. The number of amides is 1. The second-order valence-electron chi connectivity index (χ2n) is 7.66. The number of likely N-dealkylation sites (tertiary alicyclic amines) is 1.